The van der Waals surface area contributed by atoms with Crippen LogP contribution in [-0.4, -0.2) is 33.3 Å². The molecule has 0 aliphatic carbocycles. The summed E-state index contributed by atoms with van der Waals surface area (Å²) in [6.07, 6.45) is 1.16. The van der Waals surface area contributed by atoms with E-state index in [0.717, 1.165) is 17.4 Å². The average molecular weight is 282 g/mol. The number of benzene rings is 1. The Labute approximate surface area is 116 Å². The van der Waals surface area contributed by atoms with Gasteiger partial charge in [0.2, 0.25) is 10.0 Å². The fourth-order valence-electron chi connectivity index (χ4n) is 1.84. The Kier molecular flexibility index (Phi) is 5.29. The topological polar surface area (TPSA) is 58.2 Å². The first-order chi connectivity index (χ1) is 8.70. The molecule has 0 spiro atoms. The molecule has 0 aromatic heterocycles. The molecule has 0 aliphatic heterocycles. The molecular weight excluding hydrogens is 260 g/mol. The van der Waals surface area contributed by atoms with Crippen LogP contribution in [0, 0.1) is 0 Å². The lowest BCUT2D eigenvalue weighted by Gasteiger charge is -2.25. The van der Waals surface area contributed by atoms with Gasteiger partial charge in [0, 0.05) is 18.6 Å². The molecule has 0 radical (unpaired) electrons. The van der Waals surface area contributed by atoms with E-state index in [4.69, 9.17) is 0 Å². The van der Waals surface area contributed by atoms with Crippen molar-refractivity contribution in [2.45, 2.75) is 19.4 Å². The summed E-state index contributed by atoms with van der Waals surface area (Å²) in [5.41, 5.74) is 1.55. The van der Waals surface area contributed by atoms with Crippen molar-refractivity contribution in [1.82, 2.24) is 10.0 Å². The summed E-state index contributed by atoms with van der Waals surface area (Å²) in [5, 5.41) is 3.22. The highest BCUT2D eigenvalue weighted by atomic mass is 32.2. The Bertz CT molecular complexity index is 522. The van der Waals surface area contributed by atoms with Gasteiger partial charge in [-0.2, -0.15) is 0 Å². The highest BCUT2D eigenvalue weighted by Crippen LogP contribution is 2.10. The Morgan fingerprint density at radius 1 is 1.26 bits per heavy atom. The summed E-state index contributed by atoms with van der Waals surface area (Å²) in [6.45, 7) is 8.85. The maximum Gasteiger partial charge on any atom is 0.209 e. The third-order valence-electron chi connectivity index (χ3n) is 2.55. The summed E-state index contributed by atoms with van der Waals surface area (Å²) in [5.74, 6) is 0. The van der Waals surface area contributed by atoms with Crippen LogP contribution >= 0.6 is 0 Å². The first kappa shape index (κ1) is 15.9. The lowest BCUT2D eigenvalue weighted by atomic mass is 10.1. The second-order valence-corrected chi connectivity index (χ2v) is 7.08. The van der Waals surface area contributed by atoms with Gasteiger partial charge in [0.15, 0.2) is 0 Å². The van der Waals surface area contributed by atoms with E-state index >= 15 is 0 Å². The van der Waals surface area contributed by atoms with Crippen LogP contribution in [0.2, 0.25) is 0 Å². The SMILES string of the molecule is C=C(CNCC(C)(C)NS(C)(=O)=O)c1ccccc1. The molecule has 106 valence electrons. The maximum absolute atomic E-state index is 11.2. The van der Waals surface area contributed by atoms with Gasteiger partial charge < -0.3 is 5.32 Å². The minimum atomic E-state index is -3.20. The molecule has 5 heteroatoms. The summed E-state index contributed by atoms with van der Waals surface area (Å²) in [7, 11) is -3.20. The minimum absolute atomic E-state index is 0.523. The Morgan fingerprint density at radius 2 is 1.84 bits per heavy atom. The third-order valence-corrected chi connectivity index (χ3v) is 3.47. The van der Waals surface area contributed by atoms with Crippen LogP contribution in [0.15, 0.2) is 36.9 Å². The van der Waals surface area contributed by atoms with E-state index in [0.29, 0.717) is 13.1 Å². The molecule has 0 aliphatic rings. The quantitative estimate of drug-likeness (QED) is 0.799. The molecule has 1 aromatic rings. The number of hydrogen-bond donors (Lipinski definition) is 2. The normalized spacial score (nSPS) is 12.4. The van der Waals surface area contributed by atoms with Crippen LogP contribution in [0.25, 0.3) is 5.57 Å². The third kappa shape index (κ3) is 6.52. The lowest BCUT2D eigenvalue weighted by molar-refractivity contribution is 0.431. The summed E-state index contributed by atoms with van der Waals surface area (Å²) in [6, 6.07) is 9.91. The summed E-state index contributed by atoms with van der Waals surface area (Å²) >= 11 is 0. The predicted octanol–water partition coefficient (Wildman–Crippen LogP) is 1.62. The van der Waals surface area contributed by atoms with Gasteiger partial charge in [0.1, 0.15) is 0 Å². The first-order valence-corrected chi connectivity index (χ1v) is 8.02. The zero-order valence-electron chi connectivity index (χ0n) is 11.7. The van der Waals surface area contributed by atoms with Gasteiger partial charge in [-0.1, -0.05) is 36.9 Å². The second-order valence-electron chi connectivity index (χ2n) is 5.33. The molecular formula is C14H22N2O2S. The first-order valence-electron chi connectivity index (χ1n) is 6.12. The summed E-state index contributed by atoms with van der Waals surface area (Å²) in [4.78, 5) is 0. The van der Waals surface area contributed by atoms with Crippen LogP contribution in [0.4, 0.5) is 0 Å². The highest BCUT2D eigenvalue weighted by Gasteiger charge is 2.21. The van der Waals surface area contributed by atoms with E-state index in [9.17, 15) is 8.42 Å². The van der Waals surface area contributed by atoms with Gasteiger partial charge in [-0.25, -0.2) is 13.1 Å². The van der Waals surface area contributed by atoms with Crippen molar-refractivity contribution in [1.29, 1.82) is 0 Å². The average Bonchev–Trinajstić information content (AvgIpc) is 2.26. The standard InChI is InChI=1S/C14H22N2O2S/c1-12(13-8-6-5-7-9-13)10-15-11-14(2,3)16-19(4,17)18/h5-9,15-16H,1,10-11H2,2-4H3. The number of sulfonamides is 1. The zero-order valence-corrected chi connectivity index (χ0v) is 12.5. The molecule has 0 fully saturated rings. The van der Waals surface area contributed by atoms with E-state index < -0.39 is 15.6 Å². The van der Waals surface area contributed by atoms with Crippen molar-refractivity contribution in [3.05, 3.63) is 42.5 Å². The summed E-state index contributed by atoms with van der Waals surface area (Å²) < 4.78 is 25.0. The molecule has 2 N–H and O–H groups in total. The molecule has 0 heterocycles. The van der Waals surface area contributed by atoms with Gasteiger partial charge in [0.05, 0.1) is 6.26 Å². The van der Waals surface area contributed by atoms with Crippen LogP contribution in [0.3, 0.4) is 0 Å². The molecule has 1 aromatic carbocycles. The van der Waals surface area contributed by atoms with Gasteiger partial charge in [0.25, 0.3) is 0 Å². The number of nitrogens with one attached hydrogen (secondary N) is 2. The smallest absolute Gasteiger partial charge is 0.209 e. The molecule has 19 heavy (non-hydrogen) atoms. The van der Waals surface area contributed by atoms with Crippen molar-refractivity contribution < 1.29 is 8.42 Å². The monoisotopic (exact) mass is 282 g/mol. The van der Waals surface area contributed by atoms with Crippen molar-refractivity contribution in [2.24, 2.45) is 0 Å². The molecule has 0 amide bonds. The van der Waals surface area contributed by atoms with E-state index in [1.165, 1.54) is 0 Å². The van der Waals surface area contributed by atoms with Crippen molar-refractivity contribution in [3.63, 3.8) is 0 Å². The van der Waals surface area contributed by atoms with Crippen LogP contribution < -0.4 is 10.0 Å². The molecule has 0 bridgehead atoms. The maximum atomic E-state index is 11.2. The minimum Gasteiger partial charge on any atom is -0.311 e. The fraction of sp³-hybridized carbons (Fsp3) is 0.429. The van der Waals surface area contributed by atoms with Gasteiger partial charge in [-0.3, -0.25) is 0 Å². The van der Waals surface area contributed by atoms with E-state index in [-0.39, 0.29) is 0 Å². The molecule has 1 rings (SSSR count). The van der Waals surface area contributed by atoms with Crippen molar-refractivity contribution in [2.75, 3.05) is 19.3 Å². The molecule has 0 unspecified atom stereocenters. The molecule has 4 nitrogen and oxygen atoms in total. The largest absolute Gasteiger partial charge is 0.311 e. The van der Waals surface area contributed by atoms with E-state index in [1.54, 1.807) is 0 Å². The predicted molar refractivity (Wildman–Crippen MR) is 80.4 cm³/mol. The Balaban J connectivity index is 2.44. The zero-order chi connectivity index (χ0) is 14.5. The van der Waals surface area contributed by atoms with Crippen molar-refractivity contribution in [3.8, 4) is 0 Å². The Morgan fingerprint density at radius 3 is 2.37 bits per heavy atom. The lowest BCUT2D eigenvalue weighted by Crippen LogP contribution is -2.50. The van der Waals surface area contributed by atoms with Crippen LogP contribution in [0.5, 0.6) is 0 Å². The molecule has 0 saturated heterocycles. The Hall–Kier alpha value is -1.17. The second kappa shape index (κ2) is 6.32. The van der Waals surface area contributed by atoms with E-state index in [2.05, 4.69) is 16.6 Å². The van der Waals surface area contributed by atoms with Gasteiger partial charge in [-0.15, -0.1) is 0 Å². The van der Waals surface area contributed by atoms with E-state index in [1.807, 2.05) is 44.2 Å². The van der Waals surface area contributed by atoms with Gasteiger partial charge >= 0.3 is 0 Å². The fourth-order valence-corrected chi connectivity index (χ4v) is 2.92. The van der Waals surface area contributed by atoms with Crippen LogP contribution in [-0.2, 0) is 10.0 Å². The number of rotatable bonds is 7. The number of hydrogen-bond acceptors (Lipinski definition) is 3. The van der Waals surface area contributed by atoms with Crippen LogP contribution in [0.1, 0.15) is 19.4 Å². The van der Waals surface area contributed by atoms with Gasteiger partial charge in [-0.05, 0) is 25.0 Å². The molecule has 0 atom stereocenters. The molecule has 0 saturated carbocycles. The van der Waals surface area contributed by atoms with Crippen molar-refractivity contribution >= 4 is 15.6 Å². The highest BCUT2D eigenvalue weighted by molar-refractivity contribution is 7.88.